The van der Waals surface area contributed by atoms with E-state index in [0.29, 0.717) is 22.3 Å². The molecule has 24 heavy (non-hydrogen) atoms. The van der Waals surface area contributed by atoms with E-state index in [4.69, 9.17) is 4.74 Å². The van der Waals surface area contributed by atoms with Crippen LogP contribution in [0.15, 0.2) is 48.5 Å². The second-order valence-electron chi connectivity index (χ2n) is 5.11. The van der Waals surface area contributed by atoms with E-state index in [1.807, 2.05) is 0 Å². The lowest BCUT2D eigenvalue weighted by molar-refractivity contribution is -0.383. The minimum Gasteiger partial charge on any atom is -0.504 e. The zero-order chi connectivity index (χ0) is 17.1. The molecule has 0 fully saturated rings. The van der Waals surface area contributed by atoms with Gasteiger partial charge in [0.2, 0.25) is 0 Å². The third-order valence-electron chi connectivity index (χ3n) is 3.57. The number of nitrogens with zero attached hydrogens (tertiary/aromatic N) is 2. The highest BCUT2D eigenvalue weighted by molar-refractivity contribution is 5.88. The zero-order valence-electron chi connectivity index (χ0n) is 12.8. The number of nitro benzene ring substituents is 1. The smallest absolute Gasteiger partial charge is 0.295 e. The van der Waals surface area contributed by atoms with Crippen molar-refractivity contribution < 1.29 is 14.8 Å². The Hall–Kier alpha value is -3.41. The number of nitro groups is 1. The van der Waals surface area contributed by atoms with Crippen molar-refractivity contribution in [3.8, 4) is 11.5 Å². The fourth-order valence-electron chi connectivity index (χ4n) is 2.37. The zero-order valence-corrected chi connectivity index (χ0v) is 12.8. The molecule has 0 bridgehead atoms. The number of ether oxygens (including phenoxy) is 1. The van der Waals surface area contributed by atoms with Gasteiger partial charge in [0.25, 0.3) is 5.69 Å². The summed E-state index contributed by atoms with van der Waals surface area (Å²) in [4.78, 5) is 15.0. The Bertz CT molecular complexity index is 951. The van der Waals surface area contributed by atoms with Gasteiger partial charge in [0.15, 0.2) is 11.5 Å². The van der Waals surface area contributed by atoms with Gasteiger partial charge in [-0.05, 0) is 29.8 Å². The molecule has 0 amide bonds. The van der Waals surface area contributed by atoms with Gasteiger partial charge in [-0.15, -0.1) is 0 Å². The van der Waals surface area contributed by atoms with Crippen LogP contribution in [0.25, 0.3) is 23.1 Å². The number of aromatic hydroxyl groups is 1. The Labute approximate surface area is 137 Å². The van der Waals surface area contributed by atoms with Crippen LogP contribution in [0.3, 0.4) is 0 Å². The van der Waals surface area contributed by atoms with Crippen molar-refractivity contribution in [3.05, 3.63) is 69.9 Å². The van der Waals surface area contributed by atoms with E-state index < -0.39 is 4.92 Å². The second kappa shape index (κ2) is 6.37. The molecule has 0 saturated carbocycles. The van der Waals surface area contributed by atoms with Gasteiger partial charge in [0.05, 0.1) is 17.7 Å². The molecule has 2 aromatic carbocycles. The third kappa shape index (κ3) is 3.03. The molecule has 120 valence electrons. The number of pyridine rings is 1. The Morgan fingerprint density at radius 1 is 1.17 bits per heavy atom. The summed E-state index contributed by atoms with van der Waals surface area (Å²) < 4.78 is 5.06. The number of rotatable bonds is 4. The Kier molecular flexibility index (Phi) is 4.11. The minimum absolute atomic E-state index is 0.0194. The fraction of sp³-hybridized carbons (Fsp3) is 0.0556. The number of aromatic nitrogens is 1. The molecule has 1 heterocycles. The summed E-state index contributed by atoms with van der Waals surface area (Å²) in [6, 6.07) is 13.4. The Morgan fingerprint density at radius 3 is 2.75 bits per heavy atom. The number of para-hydroxylation sites is 1. The molecule has 1 N–H and O–H groups in total. The van der Waals surface area contributed by atoms with Crippen molar-refractivity contribution >= 4 is 28.7 Å². The van der Waals surface area contributed by atoms with Crippen LogP contribution in [0.2, 0.25) is 0 Å². The molecule has 0 spiro atoms. The van der Waals surface area contributed by atoms with E-state index in [1.165, 1.54) is 19.2 Å². The number of hydrogen-bond acceptors (Lipinski definition) is 5. The van der Waals surface area contributed by atoms with Gasteiger partial charge >= 0.3 is 0 Å². The number of non-ortho nitro benzene ring substituents is 1. The van der Waals surface area contributed by atoms with Crippen LogP contribution in [0.4, 0.5) is 5.69 Å². The Balaban J connectivity index is 1.98. The highest BCUT2D eigenvalue weighted by Gasteiger charge is 2.12. The van der Waals surface area contributed by atoms with Crippen molar-refractivity contribution in [2.45, 2.75) is 0 Å². The summed E-state index contributed by atoms with van der Waals surface area (Å²) in [6.07, 6.45) is 3.55. The summed E-state index contributed by atoms with van der Waals surface area (Å²) >= 11 is 0. The average molecular weight is 322 g/mol. The molecule has 0 saturated heterocycles. The maximum absolute atomic E-state index is 11.1. The standard InChI is InChI=1S/C18H14N2O4/c1-24-17-11-12(6-10-16(17)21)5-8-14-9-7-13-3-2-4-15(20(22)23)18(13)19-14/h2-11,21H,1H3/b8-5+. The predicted molar refractivity (Wildman–Crippen MR) is 92.0 cm³/mol. The number of fused-ring (bicyclic) bond motifs is 1. The molecule has 0 aliphatic carbocycles. The number of phenols is 1. The average Bonchev–Trinajstić information content (AvgIpc) is 2.60. The van der Waals surface area contributed by atoms with Crippen LogP contribution in [0.1, 0.15) is 11.3 Å². The van der Waals surface area contributed by atoms with E-state index in [0.717, 1.165) is 5.56 Å². The van der Waals surface area contributed by atoms with E-state index >= 15 is 0 Å². The first-order chi connectivity index (χ1) is 11.6. The quantitative estimate of drug-likeness (QED) is 0.579. The number of methoxy groups -OCH3 is 1. The molecule has 0 aliphatic rings. The number of hydrogen-bond donors (Lipinski definition) is 1. The van der Waals surface area contributed by atoms with Gasteiger partial charge in [0.1, 0.15) is 5.52 Å². The van der Waals surface area contributed by atoms with Crippen molar-refractivity contribution in [1.82, 2.24) is 4.98 Å². The lowest BCUT2D eigenvalue weighted by Gasteiger charge is -2.04. The largest absolute Gasteiger partial charge is 0.504 e. The number of benzene rings is 2. The van der Waals surface area contributed by atoms with Crippen LogP contribution < -0.4 is 4.74 Å². The van der Waals surface area contributed by atoms with Crippen LogP contribution >= 0.6 is 0 Å². The normalized spacial score (nSPS) is 11.0. The number of phenolic OH excluding ortho intramolecular Hbond substituents is 1. The minimum atomic E-state index is -0.437. The first-order valence-corrected chi connectivity index (χ1v) is 7.18. The van der Waals surface area contributed by atoms with E-state index in [2.05, 4.69) is 4.98 Å². The second-order valence-corrected chi connectivity index (χ2v) is 5.11. The molecule has 6 heteroatoms. The molecule has 1 aromatic heterocycles. The molecule has 0 atom stereocenters. The highest BCUT2D eigenvalue weighted by atomic mass is 16.6. The summed E-state index contributed by atoms with van der Waals surface area (Å²) in [6.45, 7) is 0. The van der Waals surface area contributed by atoms with Crippen molar-refractivity contribution in [2.24, 2.45) is 0 Å². The van der Waals surface area contributed by atoms with Crippen molar-refractivity contribution in [3.63, 3.8) is 0 Å². The van der Waals surface area contributed by atoms with Gasteiger partial charge in [-0.3, -0.25) is 10.1 Å². The monoisotopic (exact) mass is 322 g/mol. The van der Waals surface area contributed by atoms with Crippen LogP contribution in [0.5, 0.6) is 11.5 Å². The maximum atomic E-state index is 11.1. The van der Waals surface area contributed by atoms with Crippen molar-refractivity contribution in [2.75, 3.05) is 7.11 Å². The van der Waals surface area contributed by atoms with E-state index in [1.54, 1.807) is 48.6 Å². The molecule has 0 unspecified atom stereocenters. The summed E-state index contributed by atoms with van der Waals surface area (Å²) in [7, 11) is 1.48. The Morgan fingerprint density at radius 2 is 2.00 bits per heavy atom. The topological polar surface area (TPSA) is 85.5 Å². The van der Waals surface area contributed by atoms with Crippen LogP contribution in [0, 0.1) is 10.1 Å². The summed E-state index contributed by atoms with van der Waals surface area (Å²) in [5, 5.41) is 21.4. The molecule has 0 aliphatic heterocycles. The van der Waals surface area contributed by atoms with E-state index in [-0.39, 0.29) is 11.4 Å². The third-order valence-corrected chi connectivity index (χ3v) is 3.57. The van der Waals surface area contributed by atoms with E-state index in [9.17, 15) is 15.2 Å². The summed E-state index contributed by atoms with van der Waals surface area (Å²) in [5.74, 6) is 0.438. The van der Waals surface area contributed by atoms with Gasteiger partial charge in [0, 0.05) is 11.5 Å². The predicted octanol–water partition coefficient (Wildman–Crippen LogP) is 4.03. The summed E-state index contributed by atoms with van der Waals surface area (Å²) in [5.41, 5.74) is 1.75. The van der Waals surface area contributed by atoms with Crippen LogP contribution in [-0.4, -0.2) is 22.1 Å². The molecular formula is C18H14N2O4. The first kappa shape index (κ1) is 15.5. The molecule has 0 radical (unpaired) electrons. The SMILES string of the molecule is COc1cc(/C=C/c2ccc3cccc([N+](=O)[O-])c3n2)ccc1O. The first-order valence-electron chi connectivity index (χ1n) is 7.18. The van der Waals surface area contributed by atoms with Crippen LogP contribution in [-0.2, 0) is 0 Å². The maximum Gasteiger partial charge on any atom is 0.295 e. The van der Waals surface area contributed by atoms with Crippen molar-refractivity contribution in [1.29, 1.82) is 0 Å². The molecule has 6 nitrogen and oxygen atoms in total. The fourth-order valence-corrected chi connectivity index (χ4v) is 2.37. The lowest BCUT2D eigenvalue weighted by atomic mass is 10.1. The molecule has 3 rings (SSSR count). The van der Waals surface area contributed by atoms with Gasteiger partial charge in [-0.1, -0.05) is 30.3 Å². The molecule has 3 aromatic rings. The lowest BCUT2D eigenvalue weighted by Crippen LogP contribution is -1.92. The van der Waals surface area contributed by atoms with Gasteiger partial charge in [-0.2, -0.15) is 0 Å². The highest BCUT2D eigenvalue weighted by Crippen LogP contribution is 2.27. The van der Waals surface area contributed by atoms with Gasteiger partial charge in [-0.25, -0.2) is 4.98 Å². The molecular weight excluding hydrogens is 308 g/mol. The van der Waals surface area contributed by atoms with Gasteiger partial charge < -0.3 is 9.84 Å².